The Morgan fingerprint density at radius 1 is 1.05 bits per heavy atom. The number of hydrogen-bond donors (Lipinski definition) is 1. The summed E-state index contributed by atoms with van der Waals surface area (Å²) < 4.78 is 32.4. The van der Waals surface area contributed by atoms with Crippen LogP contribution in [0.1, 0.15) is 16.7 Å². The molecule has 2 rings (SSSR count). The fourth-order valence-corrected chi connectivity index (χ4v) is 3.34. The fourth-order valence-electron chi connectivity index (χ4n) is 2.00. The first kappa shape index (κ1) is 15.5. The Bertz CT molecular complexity index is 722. The van der Waals surface area contributed by atoms with Crippen molar-refractivity contribution in [2.24, 2.45) is 0 Å². The van der Waals surface area contributed by atoms with Crippen LogP contribution in [-0.4, -0.2) is 15.5 Å². The molecule has 0 bridgehead atoms. The Kier molecular flexibility index (Phi) is 4.65. The van der Waals surface area contributed by atoms with Crippen LogP contribution in [0.5, 0.6) is 5.75 Å². The smallest absolute Gasteiger partial charge is 0.241 e. The average Bonchev–Trinajstić information content (AvgIpc) is 2.48. The van der Waals surface area contributed by atoms with Gasteiger partial charge in [0.05, 0.1) is 12.0 Å². The molecule has 0 aromatic heterocycles. The zero-order valence-electron chi connectivity index (χ0n) is 12.4. The highest BCUT2D eigenvalue weighted by molar-refractivity contribution is 7.89. The molecule has 112 valence electrons. The number of benzene rings is 2. The van der Waals surface area contributed by atoms with E-state index in [0.29, 0.717) is 4.90 Å². The molecule has 1 N–H and O–H groups in total. The molecule has 2 aromatic carbocycles. The minimum Gasteiger partial charge on any atom is -0.497 e. The molecule has 0 heterocycles. The Hall–Kier alpha value is -1.85. The Morgan fingerprint density at radius 3 is 2.33 bits per heavy atom. The summed E-state index contributed by atoms with van der Waals surface area (Å²) in [5.74, 6) is 0.746. The van der Waals surface area contributed by atoms with E-state index in [9.17, 15) is 8.42 Å². The monoisotopic (exact) mass is 305 g/mol. The van der Waals surface area contributed by atoms with Crippen molar-refractivity contribution in [3.63, 3.8) is 0 Å². The van der Waals surface area contributed by atoms with Gasteiger partial charge in [-0.15, -0.1) is 0 Å². The third kappa shape index (κ3) is 3.83. The molecule has 0 amide bonds. The SMILES string of the molecule is COc1ccc(CNS(=O)(=O)c2cc(C)ccc2C)cc1. The van der Waals surface area contributed by atoms with Crippen molar-refractivity contribution in [2.75, 3.05) is 7.11 Å². The lowest BCUT2D eigenvalue weighted by Gasteiger charge is -2.10. The summed E-state index contributed by atoms with van der Waals surface area (Å²) in [6, 6.07) is 12.7. The van der Waals surface area contributed by atoms with E-state index in [-0.39, 0.29) is 6.54 Å². The Morgan fingerprint density at radius 2 is 1.71 bits per heavy atom. The molecule has 0 aliphatic rings. The quantitative estimate of drug-likeness (QED) is 0.924. The van der Waals surface area contributed by atoms with Crippen molar-refractivity contribution in [1.29, 1.82) is 0 Å². The molecule has 0 spiro atoms. The van der Waals surface area contributed by atoms with Crippen molar-refractivity contribution in [3.8, 4) is 5.75 Å². The van der Waals surface area contributed by atoms with Crippen LogP contribution < -0.4 is 9.46 Å². The van der Waals surface area contributed by atoms with Gasteiger partial charge in [0.15, 0.2) is 0 Å². The first-order valence-corrected chi connectivity index (χ1v) is 8.10. The zero-order valence-corrected chi connectivity index (χ0v) is 13.2. The molecule has 0 aliphatic heterocycles. The van der Waals surface area contributed by atoms with Crippen LogP contribution in [0.4, 0.5) is 0 Å². The van der Waals surface area contributed by atoms with Crippen LogP contribution >= 0.6 is 0 Å². The van der Waals surface area contributed by atoms with Gasteiger partial charge in [0.1, 0.15) is 5.75 Å². The lowest BCUT2D eigenvalue weighted by atomic mass is 10.2. The minimum absolute atomic E-state index is 0.250. The largest absolute Gasteiger partial charge is 0.497 e. The fraction of sp³-hybridized carbons (Fsp3) is 0.250. The van der Waals surface area contributed by atoms with E-state index in [4.69, 9.17) is 4.74 Å². The third-order valence-electron chi connectivity index (χ3n) is 3.26. The lowest BCUT2D eigenvalue weighted by molar-refractivity contribution is 0.414. The molecule has 2 aromatic rings. The van der Waals surface area contributed by atoms with Gasteiger partial charge in [-0.3, -0.25) is 0 Å². The highest BCUT2D eigenvalue weighted by atomic mass is 32.2. The van der Waals surface area contributed by atoms with E-state index < -0.39 is 10.0 Å². The van der Waals surface area contributed by atoms with Crippen molar-refractivity contribution < 1.29 is 13.2 Å². The summed E-state index contributed by atoms with van der Waals surface area (Å²) in [4.78, 5) is 0.330. The average molecular weight is 305 g/mol. The van der Waals surface area contributed by atoms with Gasteiger partial charge in [-0.1, -0.05) is 24.3 Å². The van der Waals surface area contributed by atoms with E-state index in [0.717, 1.165) is 22.4 Å². The predicted molar refractivity (Wildman–Crippen MR) is 82.9 cm³/mol. The normalized spacial score (nSPS) is 11.4. The maximum atomic E-state index is 12.4. The number of rotatable bonds is 5. The molecular weight excluding hydrogens is 286 g/mol. The van der Waals surface area contributed by atoms with Gasteiger partial charge >= 0.3 is 0 Å². The van der Waals surface area contributed by atoms with Crippen molar-refractivity contribution >= 4 is 10.0 Å². The summed E-state index contributed by atoms with van der Waals surface area (Å²) in [7, 11) is -1.91. The molecule has 4 nitrogen and oxygen atoms in total. The van der Waals surface area contributed by atoms with E-state index in [1.165, 1.54) is 0 Å². The molecule has 0 aliphatic carbocycles. The Labute approximate surface area is 125 Å². The van der Waals surface area contributed by atoms with Crippen LogP contribution in [0.15, 0.2) is 47.4 Å². The van der Waals surface area contributed by atoms with Gasteiger partial charge < -0.3 is 4.74 Å². The Balaban J connectivity index is 2.15. The molecule has 0 radical (unpaired) electrons. The second-order valence-corrected chi connectivity index (χ2v) is 6.68. The summed E-state index contributed by atoms with van der Waals surface area (Å²) in [5, 5.41) is 0. The maximum absolute atomic E-state index is 12.4. The van der Waals surface area contributed by atoms with Gasteiger partial charge in [-0.2, -0.15) is 0 Å². The molecule has 0 saturated heterocycles. The zero-order chi connectivity index (χ0) is 15.5. The van der Waals surface area contributed by atoms with Crippen molar-refractivity contribution in [2.45, 2.75) is 25.3 Å². The van der Waals surface area contributed by atoms with Crippen molar-refractivity contribution in [1.82, 2.24) is 4.72 Å². The van der Waals surface area contributed by atoms with E-state index in [1.54, 1.807) is 20.1 Å². The van der Waals surface area contributed by atoms with Gasteiger partial charge in [0.25, 0.3) is 0 Å². The molecule has 21 heavy (non-hydrogen) atoms. The second-order valence-electron chi connectivity index (χ2n) is 4.94. The standard InChI is InChI=1S/C16H19NO3S/c1-12-4-5-13(2)16(10-12)21(18,19)17-11-14-6-8-15(20-3)9-7-14/h4-10,17H,11H2,1-3H3. The number of ether oxygens (including phenoxy) is 1. The van der Waals surface area contributed by atoms with Crippen LogP contribution in [0.3, 0.4) is 0 Å². The maximum Gasteiger partial charge on any atom is 0.241 e. The number of hydrogen-bond acceptors (Lipinski definition) is 3. The first-order valence-electron chi connectivity index (χ1n) is 6.62. The summed E-state index contributed by atoms with van der Waals surface area (Å²) in [5.41, 5.74) is 2.54. The summed E-state index contributed by atoms with van der Waals surface area (Å²) in [6.07, 6.45) is 0. The van der Waals surface area contributed by atoms with Gasteiger partial charge in [0, 0.05) is 6.54 Å². The molecular formula is C16H19NO3S. The van der Waals surface area contributed by atoms with E-state index in [1.807, 2.05) is 43.3 Å². The van der Waals surface area contributed by atoms with Gasteiger partial charge in [-0.25, -0.2) is 13.1 Å². The predicted octanol–water partition coefficient (Wildman–Crippen LogP) is 2.79. The molecule has 0 unspecified atom stereocenters. The molecule has 0 saturated carbocycles. The second kappa shape index (κ2) is 6.28. The first-order chi connectivity index (χ1) is 9.92. The van der Waals surface area contributed by atoms with Crippen LogP contribution in [-0.2, 0) is 16.6 Å². The third-order valence-corrected chi connectivity index (χ3v) is 4.80. The lowest BCUT2D eigenvalue weighted by Crippen LogP contribution is -2.24. The topological polar surface area (TPSA) is 55.4 Å². The van der Waals surface area contributed by atoms with Crippen molar-refractivity contribution in [3.05, 3.63) is 59.2 Å². The van der Waals surface area contributed by atoms with Gasteiger partial charge in [0.2, 0.25) is 10.0 Å². The summed E-state index contributed by atoms with van der Waals surface area (Å²) in [6.45, 7) is 3.92. The number of aryl methyl sites for hydroxylation is 2. The number of nitrogens with one attached hydrogen (secondary N) is 1. The minimum atomic E-state index is -3.51. The number of methoxy groups -OCH3 is 1. The molecule has 0 atom stereocenters. The number of sulfonamides is 1. The van der Waals surface area contributed by atoms with E-state index >= 15 is 0 Å². The summed E-state index contributed by atoms with van der Waals surface area (Å²) >= 11 is 0. The van der Waals surface area contributed by atoms with E-state index in [2.05, 4.69) is 4.72 Å². The van der Waals surface area contributed by atoms with Crippen LogP contribution in [0.25, 0.3) is 0 Å². The van der Waals surface area contributed by atoms with Crippen LogP contribution in [0.2, 0.25) is 0 Å². The van der Waals surface area contributed by atoms with Crippen LogP contribution in [0, 0.1) is 13.8 Å². The highest BCUT2D eigenvalue weighted by Gasteiger charge is 2.16. The highest BCUT2D eigenvalue weighted by Crippen LogP contribution is 2.17. The molecule has 0 fully saturated rings. The van der Waals surface area contributed by atoms with Gasteiger partial charge in [-0.05, 0) is 48.7 Å². The molecule has 5 heteroatoms.